The Bertz CT molecular complexity index is 440. The smallest absolute Gasteiger partial charge is 0.138 e. The molecule has 0 saturated carbocycles. The lowest BCUT2D eigenvalue weighted by atomic mass is 9.79. The van der Waals surface area contributed by atoms with Crippen LogP contribution in [0.3, 0.4) is 0 Å². The molecule has 3 heterocycles. The van der Waals surface area contributed by atoms with Gasteiger partial charge in [0.05, 0.1) is 25.4 Å². The predicted octanol–water partition coefficient (Wildman–Crippen LogP) is -0.0717. The van der Waals surface area contributed by atoms with Gasteiger partial charge in [-0.05, 0) is 25.9 Å². The highest BCUT2D eigenvalue weighted by atomic mass is 16.5. The van der Waals surface area contributed by atoms with Crippen molar-refractivity contribution in [2.24, 2.45) is 7.05 Å². The van der Waals surface area contributed by atoms with Crippen LogP contribution < -0.4 is 0 Å². The number of likely N-dealkylation sites (tertiary alicyclic amines) is 1. The average Bonchev–Trinajstić information content (AvgIpc) is 2.99. The molecule has 0 amide bonds. The van der Waals surface area contributed by atoms with Gasteiger partial charge in [0.2, 0.25) is 0 Å². The Balaban J connectivity index is 1.67. The second-order valence-corrected chi connectivity index (χ2v) is 6.03. The first-order valence-corrected chi connectivity index (χ1v) is 6.94. The van der Waals surface area contributed by atoms with Crippen LogP contribution in [0.5, 0.6) is 0 Å². The van der Waals surface area contributed by atoms with Crippen molar-refractivity contribution in [1.29, 1.82) is 0 Å². The zero-order valence-corrected chi connectivity index (χ0v) is 11.6. The summed E-state index contributed by atoms with van der Waals surface area (Å²) in [6.07, 6.45) is 3.52. The molecule has 0 aromatic carbocycles. The van der Waals surface area contributed by atoms with Crippen LogP contribution in [0.2, 0.25) is 0 Å². The topological polar surface area (TPSA) is 63.4 Å². The molecule has 6 heteroatoms. The quantitative estimate of drug-likeness (QED) is 0.812. The summed E-state index contributed by atoms with van der Waals surface area (Å²) in [7, 11) is 2.00. The van der Waals surface area contributed by atoms with Crippen molar-refractivity contribution in [3.8, 4) is 0 Å². The molecule has 2 fully saturated rings. The van der Waals surface area contributed by atoms with E-state index in [4.69, 9.17) is 4.74 Å². The van der Waals surface area contributed by atoms with Crippen LogP contribution in [0.25, 0.3) is 0 Å². The standard InChI is InChI=1S/C13H22N4O2/c1-13(12-15-14-9-16(12)2)3-5-17(6-4-13)10-7-19-8-11(10)18/h9-11,18H,3-8H2,1-2H3/t10-,11+/m1/s1. The highest BCUT2D eigenvalue weighted by Crippen LogP contribution is 2.34. The number of aromatic nitrogens is 3. The third-order valence-electron chi connectivity index (χ3n) is 4.64. The van der Waals surface area contributed by atoms with Crippen LogP contribution in [0.1, 0.15) is 25.6 Å². The maximum atomic E-state index is 9.91. The van der Waals surface area contributed by atoms with Crippen molar-refractivity contribution in [1.82, 2.24) is 19.7 Å². The summed E-state index contributed by atoms with van der Waals surface area (Å²) in [5.41, 5.74) is 0.0894. The van der Waals surface area contributed by atoms with Gasteiger partial charge < -0.3 is 14.4 Å². The van der Waals surface area contributed by atoms with Crippen molar-refractivity contribution >= 4 is 0 Å². The van der Waals surface area contributed by atoms with Crippen molar-refractivity contribution < 1.29 is 9.84 Å². The van der Waals surface area contributed by atoms with Crippen LogP contribution >= 0.6 is 0 Å². The van der Waals surface area contributed by atoms with Gasteiger partial charge in [0.15, 0.2) is 0 Å². The Morgan fingerprint density at radius 1 is 1.37 bits per heavy atom. The molecule has 0 radical (unpaired) electrons. The largest absolute Gasteiger partial charge is 0.389 e. The summed E-state index contributed by atoms with van der Waals surface area (Å²) < 4.78 is 7.36. The predicted molar refractivity (Wildman–Crippen MR) is 69.8 cm³/mol. The first kappa shape index (κ1) is 13.0. The lowest BCUT2D eigenvalue weighted by Gasteiger charge is -2.41. The Kier molecular flexibility index (Phi) is 3.32. The zero-order chi connectivity index (χ0) is 13.5. The number of piperidine rings is 1. The summed E-state index contributed by atoms with van der Waals surface area (Å²) in [6.45, 7) is 5.35. The van der Waals surface area contributed by atoms with E-state index in [2.05, 4.69) is 22.0 Å². The maximum Gasteiger partial charge on any atom is 0.138 e. The van der Waals surface area contributed by atoms with Gasteiger partial charge in [0.1, 0.15) is 12.2 Å². The number of rotatable bonds is 2. The molecule has 19 heavy (non-hydrogen) atoms. The number of ether oxygens (including phenoxy) is 1. The molecule has 0 spiro atoms. The molecular weight excluding hydrogens is 244 g/mol. The fourth-order valence-corrected chi connectivity index (χ4v) is 3.28. The Morgan fingerprint density at radius 2 is 2.11 bits per heavy atom. The third-order valence-corrected chi connectivity index (χ3v) is 4.64. The van der Waals surface area contributed by atoms with Gasteiger partial charge in [0.25, 0.3) is 0 Å². The fourth-order valence-electron chi connectivity index (χ4n) is 3.28. The molecular formula is C13H22N4O2. The lowest BCUT2D eigenvalue weighted by molar-refractivity contribution is 0.0522. The summed E-state index contributed by atoms with van der Waals surface area (Å²) in [5, 5.41) is 18.2. The van der Waals surface area contributed by atoms with E-state index in [9.17, 15) is 5.11 Å². The molecule has 2 atom stereocenters. The van der Waals surface area contributed by atoms with E-state index < -0.39 is 0 Å². The minimum absolute atomic E-state index is 0.0894. The molecule has 0 bridgehead atoms. The van der Waals surface area contributed by atoms with Gasteiger partial charge in [-0.25, -0.2) is 0 Å². The second-order valence-electron chi connectivity index (χ2n) is 6.03. The first-order chi connectivity index (χ1) is 9.10. The third kappa shape index (κ3) is 2.28. The van der Waals surface area contributed by atoms with E-state index in [1.54, 1.807) is 6.33 Å². The molecule has 1 aromatic heterocycles. The lowest BCUT2D eigenvalue weighted by Crippen LogP contribution is -2.50. The minimum Gasteiger partial charge on any atom is -0.389 e. The maximum absolute atomic E-state index is 9.91. The number of hydrogen-bond donors (Lipinski definition) is 1. The molecule has 2 aliphatic heterocycles. The molecule has 3 rings (SSSR count). The van der Waals surface area contributed by atoms with Crippen molar-refractivity contribution in [3.63, 3.8) is 0 Å². The molecule has 6 nitrogen and oxygen atoms in total. The van der Waals surface area contributed by atoms with Crippen LogP contribution in [0, 0.1) is 0 Å². The van der Waals surface area contributed by atoms with Crippen LogP contribution in [-0.4, -0.2) is 63.2 Å². The van der Waals surface area contributed by atoms with Crippen molar-refractivity contribution in [3.05, 3.63) is 12.2 Å². The van der Waals surface area contributed by atoms with Crippen LogP contribution in [-0.2, 0) is 17.2 Å². The Morgan fingerprint density at radius 3 is 2.63 bits per heavy atom. The van der Waals surface area contributed by atoms with Crippen LogP contribution in [0.15, 0.2) is 6.33 Å². The summed E-state index contributed by atoms with van der Waals surface area (Å²) in [6, 6.07) is 0.170. The van der Waals surface area contributed by atoms with Gasteiger partial charge >= 0.3 is 0 Å². The van der Waals surface area contributed by atoms with Gasteiger partial charge in [-0.2, -0.15) is 0 Å². The van der Waals surface area contributed by atoms with E-state index in [1.807, 2.05) is 11.6 Å². The SMILES string of the molecule is Cn1cnnc1C1(C)CCN([C@@H]2COC[C@@H]2O)CC1. The summed E-state index contributed by atoms with van der Waals surface area (Å²) >= 11 is 0. The van der Waals surface area contributed by atoms with Crippen molar-refractivity contribution in [2.75, 3.05) is 26.3 Å². The highest BCUT2D eigenvalue weighted by molar-refractivity contribution is 5.08. The molecule has 0 aliphatic carbocycles. The average molecular weight is 266 g/mol. The van der Waals surface area contributed by atoms with Gasteiger partial charge in [0, 0.05) is 12.5 Å². The molecule has 106 valence electrons. The number of aliphatic hydroxyl groups excluding tert-OH is 1. The Hall–Kier alpha value is -0.980. The van der Waals surface area contributed by atoms with Crippen molar-refractivity contribution in [2.45, 2.75) is 37.3 Å². The van der Waals surface area contributed by atoms with E-state index in [0.29, 0.717) is 13.2 Å². The Labute approximate surface area is 113 Å². The summed E-state index contributed by atoms with van der Waals surface area (Å²) in [5.74, 6) is 1.07. The fraction of sp³-hybridized carbons (Fsp3) is 0.846. The molecule has 0 unspecified atom stereocenters. The van der Waals surface area contributed by atoms with Gasteiger partial charge in [-0.1, -0.05) is 6.92 Å². The van der Waals surface area contributed by atoms with E-state index in [-0.39, 0.29) is 17.6 Å². The number of aryl methyl sites for hydroxylation is 1. The van der Waals surface area contributed by atoms with Gasteiger partial charge in [-0.15, -0.1) is 10.2 Å². The number of nitrogens with zero attached hydrogens (tertiary/aromatic N) is 4. The molecule has 2 aliphatic rings. The second kappa shape index (κ2) is 4.85. The van der Waals surface area contributed by atoms with E-state index in [0.717, 1.165) is 31.8 Å². The summed E-state index contributed by atoms with van der Waals surface area (Å²) in [4.78, 5) is 2.36. The van der Waals surface area contributed by atoms with E-state index >= 15 is 0 Å². The van der Waals surface area contributed by atoms with Crippen LogP contribution in [0.4, 0.5) is 0 Å². The molecule has 1 N–H and O–H groups in total. The first-order valence-electron chi connectivity index (χ1n) is 6.94. The van der Waals surface area contributed by atoms with Gasteiger partial charge in [-0.3, -0.25) is 4.90 Å². The number of aliphatic hydroxyl groups is 1. The highest BCUT2D eigenvalue weighted by Gasteiger charge is 2.40. The molecule has 2 saturated heterocycles. The zero-order valence-electron chi connectivity index (χ0n) is 11.6. The molecule has 1 aromatic rings. The normalized spacial score (nSPS) is 31.7. The van der Waals surface area contributed by atoms with E-state index in [1.165, 1.54) is 0 Å². The number of hydrogen-bond acceptors (Lipinski definition) is 5. The monoisotopic (exact) mass is 266 g/mol. The minimum atomic E-state index is -0.334.